The van der Waals surface area contributed by atoms with Gasteiger partial charge in [0.2, 0.25) is 0 Å². The molecule has 4 heteroatoms. The molecule has 0 radical (unpaired) electrons. The monoisotopic (exact) mass is 189 g/mol. The van der Waals surface area contributed by atoms with Crippen LogP contribution in [0.2, 0.25) is 0 Å². The lowest BCUT2D eigenvalue weighted by Crippen LogP contribution is -1.97. The van der Waals surface area contributed by atoms with Gasteiger partial charge in [-0.15, -0.1) is 0 Å². The fraction of sp³-hybridized carbons (Fsp3) is 0.200. The minimum absolute atomic E-state index is 0.397. The number of hydrogen-bond donors (Lipinski definition) is 1. The highest BCUT2D eigenvalue weighted by Crippen LogP contribution is 2.09. The van der Waals surface area contributed by atoms with Crippen molar-refractivity contribution in [3.63, 3.8) is 0 Å². The molecule has 1 heterocycles. The Morgan fingerprint density at radius 2 is 2.07 bits per heavy atom. The van der Waals surface area contributed by atoms with Crippen LogP contribution in [0.3, 0.4) is 0 Å². The van der Waals surface area contributed by atoms with E-state index in [0.29, 0.717) is 12.4 Å². The number of nitrogens with one attached hydrogen (secondary N) is 1. The van der Waals surface area contributed by atoms with Crippen molar-refractivity contribution in [2.24, 2.45) is 0 Å². The summed E-state index contributed by atoms with van der Waals surface area (Å²) in [5, 5.41) is 6.73. The van der Waals surface area contributed by atoms with Gasteiger partial charge in [-0.05, 0) is 19.1 Å². The summed E-state index contributed by atoms with van der Waals surface area (Å²) in [5.41, 5.74) is 0. The second kappa shape index (κ2) is 3.91. The zero-order chi connectivity index (χ0) is 9.80. The molecule has 1 aromatic heterocycles. The average molecular weight is 189 g/mol. The van der Waals surface area contributed by atoms with Gasteiger partial charge in [0, 0.05) is 0 Å². The number of ether oxygens (including phenoxy) is 1. The minimum atomic E-state index is 0.397. The second-order valence-corrected chi connectivity index (χ2v) is 2.94. The van der Waals surface area contributed by atoms with Crippen LogP contribution in [-0.2, 0) is 6.61 Å². The van der Waals surface area contributed by atoms with E-state index in [4.69, 9.17) is 4.74 Å². The number of para-hydroxylation sites is 1. The Bertz CT molecular complexity index is 397. The number of benzene rings is 1. The Kier molecular flexibility index (Phi) is 2.44. The number of H-pyrrole nitrogens is 1. The van der Waals surface area contributed by atoms with Gasteiger partial charge in [0.25, 0.3) is 0 Å². The van der Waals surface area contributed by atoms with Crippen molar-refractivity contribution in [1.82, 2.24) is 15.2 Å². The van der Waals surface area contributed by atoms with Gasteiger partial charge in [0.1, 0.15) is 18.2 Å². The third-order valence-electron chi connectivity index (χ3n) is 1.75. The predicted molar refractivity (Wildman–Crippen MR) is 51.9 cm³/mol. The minimum Gasteiger partial charge on any atom is -0.486 e. The summed E-state index contributed by atoms with van der Waals surface area (Å²) >= 11 is 0. The van der Waals surface area contributed by atoms with Crippen LogP contribution < -0.4 is 4.74 Å². The smallest absolute Gasteiger partial charge is 0.188 e. The van der Waals surface area contributed by atoms with E-state index < -0.39 is 0 Å². The molecule has 0 aliphatic rings. The van der Waals surface area contributed by atoms with Crippen molar-refractivity contribution < 1.29 is 4.74 Å². The van der Waals surface area contributed by atoms with Crippen molar-refractivity contribution in [2.45, 2.75) is 13.5 Å². The first-order valence-electron chi connectivity index (χ1n) is 4.40. The maximum Gasteiger partial charge on any atom is 0.188 e. The Balaban J connectivity index is 1.95. The first kappa shape index (κ1) is 8.74. The van der Waals surface area contributed by atoms with Crippen molar-refractivity contribution in [3.8, 4) is 5.75 Å². The third kappa shape index (κ3) is 2.10. The largest absolute Gasteiger partial charge is 0.486 e. The van der Waals surface area contributed by atoms with E-state index in [9.17, 15) is 0 Å². The molecule has 0 fully saturated rings. The third-order valence-corrected chi connectivity index (χ3v) is 1.75. The van der Waals surface area contributed by atoms with Crippen LogP contribution >= 0.6 is 0 Å². The average Bonchev–Trinajstić information content (AvgIpc) is 2.63. The molecule has 0 saturated carbocycles. The van der Waals surface area contributed by atoms with Gasteiger partial charge in [-0.2, -0.15) is 5.10 Å². The Morgan fingerprint density at radius 3 is 2.71 bits per heavy atom. The van der Waals surface area contributed by atoms with E-state index in [2.05, 4.69) is 15.2 Å². The molecular formula is C10H11N3O. The summed E-state index contributed by atoms with van der Waals surface area (Å²) in [5.74, 6) is 2.30. The van der Waals surface area contributed by atoms with Gasteiger partial charge < -0.3 is 4.74 Å². The first-order valence-corrected chi connectivity index (χ1v) is 4.40. The van der Waals surface area contributed by atoms with Gasteiger partial charge in [-0.1, -0.05) is 18.2 Å². The molecule has 14 heavy (non-hydrogen) atoms. The van der Waals surface area contributed by atoms with Crippen LogP contribution in [0.1, 0.15) is 11.6 Å². The Hall–Kier alpha value is -1.84. The van der Waals surface area contributed by atoms with E-state index in [1.54, 1.807) is 0 Å². The number of aromatic nitrogens is 3. The van der Waals surface area contributed by atoms with Gasteiger partial charge in [0.05, 0.1) is 0 Å². The van der Waals surface area contributed by atoms with E-state index >= 15 is 0 Å². The van der Waals surface area contributed by atoms with E-state index in [1.807, 2.05) is 37.3 Å². The lowest BCUT2D eigenvalue weighted by Gasteiger charge is -2.01. The maximum atomic E-state index is 5.46. The molecule has 1 aromatic carbocycles. The molecular weight excluding hydrogens is 178 g/mol. The summed E-state index contributed by atoms with van der Waals surface area (Å²) in [6.07, 6.45) is 0. The predicted octanol–water partition coefficient (Wildman–Crippen LogP) is 1.69. The van der Waals surface area contributed by atoms with Crippen molar-refractivity contribution in [1.29, 1.82) is 0 Å². The number of nitrogens with zero attached hydrogens (tertiary/aromatic N) is 2. The zero-order valence-electron chi connectivity index (χ0n) is 7.90. The molecule has 4 nitrogen and oxygen atoms in total. The molecule has 0 spiro atoms. The summed E-state index contributed by atoms with van der Waals surface area (Å²) < 4.78 is 5.46. The quantitative estimate of drug-likeness (QED) is 0.799. The van der Waals surface area contributed by atoms with Crippen molar-refractivity contribution >= 4 is 0 Å². The van der Waals surface area contributed by atoms with E-state index in [-0.39, 0.29) is 0 Å². The highest BCUT2D eigenvalue weighted by atomic mass is 16.5. The number of hydrogen-bond acceptors (Lipinski definition) is 3. The van der Waals surface area contributed by atoms with Crippen molar-refractivity contribution in [3.05, 3.63) is 42.0 Å². The highest BCUT2D eigenvalue weighted by molar-refractivity contribution is 5.20. The lowest BCUT2D eigenvalue weighted by molar-refractivity contribution is 0.296. The summed E-state index contributed by atoms with van der Waals surface area (Å²) in [6.45, 7) is 2.26. The van der Waals surface area contributed by atoms with Crippen LogP contribution in [0.5, 0.6) is 5.75 Å². The number of aromatic amines is 1. The van der Waals surface area contributed by atoms with Gasteiger partial charge in [-0.25, -0.2) is 4.98 Å². The molecule has 72 valence electrons. The number of rotatable bonds is 3. The van der Waals surface area contributed by atoms with Gasteiger partial charge in [0.15, 0.2) is 5.82 Å². The molecule has 2 aromatic rings. The molecule has 0 unspecified atom stereocenters. The van der Waals surface area contributed by atoms with E-state index in [0.717, 1.165) is 11.6 Å². The SMILES string of the molecule is Cc1nc(COc2ccccc2)n[nH]1. The molecule has 0 aliphatic carbocycles. The topological polar surface area (TPSA) is 50.8 Å². The first-order chi connectivity index (χ1) is 6.84. The van der Waals surface area contributed by atoms with Crippen LogP contribution in [-0.4, -0.2) is 15.2 Å². The van der Waals surface area contributed by atoms with E-state index in [1.165, 1.54) is 0 Å². The van der Waals surface area contributed by atoms with Crippen molar-refractivity contribution in [2.75, 3.05) is 0 Å². The standard InChI is InChI=1S/C10H11N3O/c1-8-11-10(13-12-8)7-14-9-5-3-2-4-6-9/h2-6H,7H2,1H3,(H,11,12,13). The molecule has 0 bridgehead atoms. The Labute approximate surface area is 81.9 Å². The summed E-state index contributed by atoms with van der Waals surface area (Å²) in [6, 6.07) is 9.61. The van der Waals surface area contributed by atoms with Gasteiger partial charge >= 0.3 is 0 Å². The molecule has 0 amide bonds. The molecule has 0 saturated heterocycles. The highest BCUT2D eigenvalue weighted by Gasteiger charge is 1.99. The Morgan fingerprint density at radius 1 is 1.29 bits per heavy atom. The van der Waals surface area contributed by atoms with Gasteiger partial charge in [-0.3, -0.25) is 5.10 Å². The molecule has 0 aliphatic heterocycles. The summed E-state index contributed by atoms with van der Waals surface area (Å²) in [4.78, 5) is 4.13. The van der Waals surface area contributed by atoms with Crippen LogP contribution in [0.4, 0.5) is 0 Å². The zero-order valence-corrected chi connectivity index (χ0v) is 7.90. The van der Waals surface area contributed by atoms with Crippen LogP contribution in [0.15, 0.2) is 30.3 Å². The van der Waals surface area contributed by atoms with Crippen LogP contribution in [0, 0.1) is 6.92 Å². The molecule has 1 N–H and O–H groups in total. The summed E-state index contributed by atoms with van der Waals surface area (Å²) in [7, 11) is 0. The normalized spacial score (nSPS) is 10.1. The lowest BCUT2D eigenvalue weighted by atomic mass is 10.3. The second-order valence-electron chi connectivity index (χ2n) is 2.94. The maximum absolute atomic E-state index is 5.46. The number of aryl methyl sites for hydroxylation is 1. The van der Waals surface area contributed by atoms with Crippen LogP contribution in [0.25, 0.3) is 0 Å². The fourth-order valence-corrected chi connectivity index (χ4v) is 1.12. The molecule has 0 atom stereocenters. The fourth-order valence-electron chi connectivity index (χ4n) is 1.12. The molecule has 2 rings (SSSR count).